The van der Waals surface area contributed by atoms with Crippen molar-refractivity contribution in [1.82, 2.24) is 4.90 Å². The second-order valence-corrected chi connectivity index (χ2v) is 7.07. The minimum Gasteiger partial charge on any atom is -0.394 e. The van der Waals surface area contributed by atoms with Crippen molar-refractivity contribution in [3.05, 3.63) is 21.4 Å². The maximum absolute atomic E-state index is 12.6. The van der Waals surface area contributed by atoms with Gasteiger partial charge in [-0.1, -0.05) is 6.92 Å². The van der Waals surface area contributed by atoms with Crippen LogP contribution in [0.25, 0.3) is 0 Å². The van der Waals surface area contributed by atoms with E-state index in [0.29, 0.717) is 13.1 Å². The molecular weight excluding hydrogens is 274 g/mol. The minimum atomic E-state index is -0.415. The Morgan fingerprint density at radius 2 is 2.30 bits per heavy atom. The van der Waals surface area contributed by atoms with Gasteiger partial charge in [-0.15, -0.1) is 11.3 Å². The van der Waals surface area contributed by atoms with Crippen molar-refractivity contribution in [2.45, 2.75) is 45.8 Å². The number of aliphatic hydroxyl groups excluding tert-OH is 1. The van der Waals surface area contributed by atoms with E-state index in [2.05, 4.69) is 6.92 Å². The first-order chi connectivity index (χ1) is 9.36. The molecule has 0 bridgehead atoms. The summed E-state index contributed by atoms with van der Waals surface area (Å²) < 4.78 is 5.75. The van der Waals surface area contributed by atoms with Crippen molar-refractivity contribution in [3.63, 3.8) is 0 Å². The van der Waals surface area contributed by atoms with Crippen LogP contribution in [0.4, 0.5) is 0 Å². The second-order valence-electron chi connectivity index (χ2n) is 5.94. The second kappa shape index (κ2) is 5.84. The lowest BCUT2D eigenvalue weighted by Crippen LogP contribution is -2.55. The summed E-state index contributed by atoms with van der Waals surface area (Å²) in [4.78, 5) is 16.5. The quantitative estimate of drug-likeness (QED) is 0.931. The van der Waals surface area contributed by atoms with Crippen molar-refractivity contribution in [2.75, 3.05) is 19.7 Å². The number of morpholine rings is 1. The monoisotopic (exact) mass is 297 g/mol. The van der Waals surface area contributed by atoms with Crippen molar-refractivity contribution < 1.29 is 14.6 Å². The maximum atomic E-state index is 12.6. The molecule has 1 amide bonds. The summed E-state index contributed by atoms with van der Waals surface area (Å²) >= 11 is 1.58. The van der Waals surface area contributed by atoms with Gasteiger partial charge in [0.05, 0.1) is 23.2 Å². The molecule has 5 heteroatoms. The van der Waals surface area contributed by atoms with E-state index >= 15 is 0 Å². The zero-order chi connectivity index (χ0) is 14.9. The Bertz CT molecular complexity index is 495. The molecule has 2 rings (SSSR count). The number of carbonyl (C=O) groups is 1. The molecule has 4 nitrogen and oxygen atoms in total. The van der Waals surface area contributed by atoms with E-state index in [9.17, 15) is 9.90 Å². The molecule has 1 fully saturated rings. The molecule has 1 unspecified atom stereocenters. The van der Waals surface area contributed by atoms with Gasteiger partial charge in [0.2, 0.25) is 0 Å². The Hall–Kier alpha value is -0.910. The van der Waals surface area contributed by atoms with Crippen LogP contribution in [0, 0.1) is 6.92 Å². The summed E-state index contributed by atoms with van der Waals surface area (Å²) in [6, 6.07) is 1.97. The topological polar surface area (TPSA) is 49.8 Å². The Morgan fingerprint density at radius 3 is 2.85 bits per heavy atom. The van der Waals surface area contributed by atoms with Crippen LogP contribution in [-0.4, -0.2) is 47.3 Å². The predicted octanol–water partition coefficient (Wildman–Crippen LogP) is 2.23. The molecule has 1 aliphatic rings. The number of aryl methyl sites for hydroxylation is 2. The Balaban J connectivity index is 2.18. The number of hydrogen-bond donors (Lipinski definition) is 1. The summed E-state index contributed by atoms with van der Waals surface area (Å²) in [6.07, 6.45) is 0.659. The first-order valence-electron chi connectivity index (χ1n) is 7.03. The molecule has 1 aromatic rings. The molecule has 2 heterocycles. The molecule has 1 atom stereocenters. The molecular formula is C15H23NO3S. The van der Waals surface area contributed by atoms with E-state index in [1.54, 1.807) is 16.2 Å². The van der Waals surface area contributed by atoms with Crippen molar-refractivity contribution in [1.29, 1.82) is 0 Å². The third kappa shape index (κ3) is 3.22. The average molecular weight is 297 g/mol. The number of hydrogen-bond acceptors (Lipinski definition) is 4. The van der Waals surface area contributed by atoms with Gasteiger partial charge in [0.25, 0.3) is 5.91 Å². The summed E-state index contributed by atoms with van der Waals surface area (Å²) in [5, 5.41) is 9.32. The van der Waals surface area contributed by atoms with Gasteiger partial charge in [-0.3, -0.25) is 4.79 Å². The fourth-order valence-corrected chi connectivity index (χ4v) is 3.76. The van der Waals surface area contributed by atoms with Gasteiger partial charge in [-0.25, -0.2) is 0 Å². The molecule has 0 spiro atoms. The largest absolute Gasteiger partial charge is 0.394 e. The SMILES string of the molecule is CCc1sc(C(=O)N2CC(CO)OC(C)(C)C2)cc1C. The summed E-state index contributed by atoms with van der Waals surface area (Å²) in [5.74, 6) is 0.0487. The third-order valence-corrected chi connectivity index (χ3v) is 4.89. The zero-order valence-electron chi connectivity index (χ0n) is 12.6. The lowest BCUT2D eigenvalue weighted by atomic mass is 10.0. The van der Waals surface area contributed by atoms with Gasteiger partial charge in [-0.05, 0) is 38.8 Å². The van der Waals surface area contributed by atoms with Crippen LogP contribution in [0.1, 0.15) is 40.9 Å². The predicted molar refractivity (Wildman–Crippen MR) is 80.4 cm³/mol. The summed E-state index contributed by atoms with van der Waals surface area (Å²) in [7, 11) is 0. The lowest BCUT2D eigenvalue weighted by Gasteiger charge is -2.42. The first kappa shape index (κ1) is 15.5. The van der Waals surface area contributed by atoms with Gasteiger partial charge in [0.1, 0.15) is 0 Å². The molecule has 0 saturated carbocycles. The van der Waals surface area contributed by atoms with E-state index in [1.807, 2.05) is 26.8 Å². The fourth-order valence-electron chi connectivity index (χ4n) is 2.68. The van der Waals surface area contributed by atoms with E-state index in [0.717, 1.165) is 11.3 Å². The van der Waals surface area contributed by atoms with Crippen LogP contribution >= 0.6 is 11.3 Å². The summed E-state index contributed by atoms with van der Waals surface area (Å²) in [6.45, 7) is 9.01. The lowest BCUT2D eigenvalue weighted by molar-refractivity contribution is -0.139. The fraction of sp³-hybridized carbons (Fsp3) is 0.667. The minimum absolute atomic E-state index is 0.0487. The van der Waals surface area contributed by atoms with E-state index < -0.39 is 5.60 Å². The van der Waals surface area contributed by atoms with E-state index in [-0.39, 0.29) is 18.6 Å². The molecule has 1 saturated heterocycles. The van der Waals surface area contributed by atoms with Crippen LogP contribution in [0.2, 0.25) is 0 Å². The van der Waals surface area contributed by atoms with Crippen LogP contribution in [0.3, 0.4) is 0 Å². The van der Waals surface area contributed by atoms with Crippen LogP contribution in [0.5, 0.6) is 0 Å². The van der Waals surface area contributed by atoms with E-state index in [4.69, 9.17) is 4.74 Å². The molecule has 1 aromatic heterocycles. The standard InChI is InChI=1S/C15H23NO3S/c1-5-12-10(2)6-13(20-12)14(18)16-7-11(8-17)19-15(3,4)9-16/h6,11,17H,5,7-9H2,1-4H3. The van der Waals surface area contributed by atoms with Crippen LogP contribution in [0.15, 0.2) is 6.07 Å². The highest BCUT2D eigenvalue weighted by Crippen LogP contribution is 2.27. The average Bonchev–Trinajstić information content (AvgIpc) is 2.77. The number of carbonyl (C=O) groups excluding carboxylic acids is 1. The number of aliphatic hydroxyl groups is 1. The van der Waals surface area contributed by atoms with E-state index in [1.165, 1.54) is 10.4 Å². The van der Waals surface area contributed by atoms with Gasteiger partial charge >= 0.3 is 0 Å². The Morgan fingerprint density at radius 1 is 1.60 bits per heavy atom. The van der Waals surface area contributed by atoms with Gasteiger partial charge < -0.3 is 14.7 Å². The maximum Gasteiger partial charge on any atom is 0.264 e. The highest BCUT2D eigenvalue weighted by Gasteiger charge is 2.36. The number of amides is 1. The van der Waals surface area contributed by atoms with Gasteiger partial charge in [-0.2, -0.15) is 0 Å². The molecule has 0 aromatic carbocycles. The molecule has 1 aliphatic heterocycles. The molecule has 0 aliphatic carbocycles. The molecule has 20 heavy (non-hydrogen) atoms. The highest BCUT2D eigenvalue weighted by molar-refractivity contribution is 7.14. The van der Waals surface area contributed by atoms with Gasteiger partial charge in [0.15, 0.2) is 0 Å². The molecule has 112 valence electrons. The first-order valence-corrected chi connectivity index (χ1v) is 7.85. The number of rotatable bonds is 3. The Labute approximate surface area is 124 Å². The third-order valence-electron chi connectivity index (χ3n) is 3.52. The number of ether oxygens (including phenoxy) is 1. The van der Waals surface area contributed by atoms with Gasteiger partial charge in [0, 0.05) is 18.0 Å². The molecule has 0 radical (unpaired) electrons. The number of nitrogens with zero attached hydrogens (tertiary/aromatic N) is 1. The van der Waals surface area contributed by atoms with Crippen molar-refractivity contribution in [3.8, 4) is 0 Å². The summed E-state index contributed by atoms with van der Waals surface area (Å²) in [5.41, 5.74) is 0.772. The van der Waals surface area contributed by atoms with Crippen molar-refractivity contribution in [2.24, 2.45) is 0 Å². The highest BCUT2D eigenvalue weighted by atomic mass is 32.1. The van der Waals surface area contributed by atoms with Crippen molar-refractivity contribution >= 4 is 17.2 Å². The number of thiophene rings is 1. The molecule has 1 N–H and O–H groups in total. The normalized spacial score (nSPS) is 22.1. The Kier molecular flexibility index (Phi) is 4.52. The smallest absolute Gasteiger partial charge is 0.264 e. The zero-order valence-corrected chi connectivity index (χ0v) is 13.4. The van der Waals surface area contributed by atoms with Crippen LogP contribution in [-0.2, 0) is 11.2 Å². The van der Waals surface area contributed by atoms with Crippen LogP contribution < -0.4 is 0 Å².